The van der Waals surface area contributed by atoms with Crippen LogP contribution in [0.1, 0.15) is 220 Å². The fourth-order valence-corrected chi connectivity index (χ4v) is 9.22. The number of esters is 2. The first-order valence-corrected chi connectivity index (χ1v) is 24.3. The van der Waals surface area contributed by atoms with Gasteiger partial charge in [-0.25, -0.2) is 0 Å². The molecule has 1 saturated carbocycles. The third kappa shape index (κ3) is 31.4. The Morgan fingerprint density at radius 1 is 0.510 bits per heavy atom. The van der Waals surface area contributed by atoms with Crippen LogP contribution in [0.15, 0.2) is 0 Å². The summed E-state index contributed by atoms with van der Waals surface area (Å²) in [7, 11) is 0. The molecule has 0 heterocycles. The van der Waals surface area contributed by atoms with Crippen molar-refractivity contribution >= 4 is 41.2 Å². The van der Waals surface area contributed by atoms with E-state index in [1.54, 1.807) is 0 Å². The summed E-state index contributed by atoms with van der Waals surface area (Å²) in [6.07, 6.45) is 34.1. The molecular formula is C44H82O5S2. The average Bonchev–Trinajstić information content (AvgIpc) is 3.13. The van der Waals surface area contributed by atoms with Gasteiger partial charge < -0.3 is 9.47 Å². The van der Waals surface area contributed by atoms with E-state index < -0.39 is 0 Å². The third-order valence-electron chi connectivity index (χ3n) is 10.4. The molecule has 0 aromatic carbocycles. The van der Waals surface area contributed by atoms with Gasteiger partial charge in [-0.2, -0.15) is 23.5 Å². The number of unbranched alkanes of at least 4 members (excludes halogenated alkanes) is 14. The Balaban J connectivity index is 2.13. The van der Waals surface area contributed by atoms with Crippen LogP contribution < -0.4 is 0 Å². The number of Topliss-reactive ketones (excluding diaryl/α,β-unsaturated/α-hetero) is 1. The van der Waals surface area contributed by atoms with E-state index in [1.165, 1.54) is 89.9 Å². The van der Waals surface area contributed by atoms with Crippen molar-refractivity contribution in [1.82, 2.24) is 0 Å². The van der Waals surface area contributed by atoms with Gasteiger partial charge in [-0.3, -0.25) is 14.4 Å². The molecule has 1 aliphatic rings. The summed E-state index contributed by atoms with van der Waals surface area (Å²) in [5.41, 5.74) is 0. The molecule has 1 rings (SSSR count). The van der Waals surface area contributed by atoms with E-state index in [0.717, 1.165) is 112 Å². The minimum Gasteiger partial charge on any atom is -0.461 e. The van der Waals surface area contributed by atoms with Crippen molar-refractivity contribution in [3.63, 3.8) is 0 Å². The van der Waals surface area contributed by atoms with Crippen molar-refractivity contribution in [3.05, 3.63) is 0 Å². The number of hydrogen-bond acceptors (Lipinski definition) is 7. The van der Waals surface area contributed by atoms with Gasteiger partial charge in [-0.05, 0) is 81.6 Å². The second-order valence-corrected chi connectivity index (χ2v) is 17.7. The molecular weight excluding hydrogens is 673 g/mol. The predicted molar refractivity (Wildman–Crippen MR) is 223 cm³/mol. The minimum atomic E-state index is -0.00985. The van der Waals surface area contributed by atoms with Crippen molar-refractivity contribution in [2.45, 2.75) is 232 Å². The second kappa shape index (κ2) is 36.3. The van der Waals surface area contributed by atoms with Gasteiger partial charge >= 0.3 is 11.9 Å². The fraction of sp³-hybridized carbons (Fsp3) is 0.932. The van der Waals surface area contributed by atoms with Gasteiger partial charge in [0.1, 0.15) is 18.0 Å². The van der Waals surface area contributed by atoms with E-state index in [0.29, 0.717) is 31.5 Å². The number of carbonyl (C=O) groups is 3. The number of ether oxygens (including phenoxy) is 2. The maximum absolute atomic E-state index is 12.6. The summed E-state index contributed by atoms with van der Waals surface area (Å²) in [5.74, 6) is 5.10. The quantitative estimate of drug-likeness (QED) is 0.0462. The zero-order valence-electron chi connectivity index (χ0n) is 33.8. The monoisotopic (exact) mass is 755 g/mol. The highest BCUT2D eigenvalue weighted by Gasteiger charge is 2.19. The molecule has 0 radical (unpaired) electrons. The lowest BCUT2D eigenvalue weighted by molar-refractivity contribution is -0.149. The van der Waals surface area contributed by atoms with Crippen LogP contribution in [-0.2, 0) is 23.9 Å². The van der Waals surface area contributed by atoms with E-state index in [1.807, 2.05) is 23.5 Å². The lowest BCUT2D eigenvalue weighted by atomic mass is 9.86. The van der Waals surface area contributed by atoms with Crippen molar-refractivity contribution in [2.75, 3.05) is 23.0 Å². The minimum absolute atomic E-state index is 0.00985. The topological polar surface area (TPSA) is 69.7 Å². The maximum Gasteiger partial charge on any atom is 0.306 e. The van der Waals surface area contributed by atoms with Crippen LogP contribution in [0.2, 0.25) is 0 Å². The number of ketones is 1. The van der Waals surface area contributed by atoms with Crippen LogP contribution in [0.5, 0.6) is 0 Å². The van der Waals surface area contributed by atoms with Gasteiger partial charge in [0.15, 0.2) is 0 Å². The highest BCUT2D eigenvalue weighted by Crippen LogP contribution is 2.28. The van der Waals surface area contributed by atoms with Crippen LogP contribution in [0.3, 0.4) is 0 Å². The molecule has 2 atom stereocenters. The molecule has 0 N–H and O–H groups in total. The Kier molecular flexibility index (Phi) is 34.4. The van der Waals surface area contributed by atoms with Gasteiger partial charge in [-0.15, -0.1) is 0 Å². The summed E-state index contributed by atoms with van der Waals surface area (Å²) in [4.78, 5) is 37.5. The van der Waals surface area contributed by atoms with Crippen molar-refractivity contribution in [1.29, 1.82) is 0 Å². The van der Waals surface area contributed by atoms with E-state index in [2.05, 4.69) is 20.8 Å². The molecule has 1 fully saturated rings. The molecule has 7 heteroatoms. The van der Waals surface area contributed by atoms with Crippen molar-refractivity contribution in [3.8, 4) is 0 Å². The number of carbonyl (C=O) groups excluding carboxylic acids is 3. The van der Waals surface area contributed by atoms with Crippen molar-refractivity contribution in [2.24, 2.45) is 5.92 Å². The smallest absolute Gasteiger partial charge is 0.306 e. The fourth-order valence-electron chi connectivity index (χ4n) is 7.07. The number of rotatable bonds is 37. The average molecular weight is 755 g/mol. The van der Waals surface area contributed by atoms with E-state index in [9.17, 15) is 14.4 Å². The molecule has 0 bridgehead atoms. The Morgan fingerprint density at radius 2 is 0.941 bits per heavy atom. The maximum atomic E-state index is 12.6. The molecule has 5 nitrogen and oxygen atoms in total. The largest absolute Gasteiger partial charge is 0.461 e. The van der Waals surface area contributed by atoms with Gasteiger partial charge in [0, 0.05) is 37.2 Å². The molecule has 51 heavy (non-hydrogen) atoms. The third-order valence-corrected chi connectivity index (χ3v) is 12.8. The molecule has 0 spiro atoms. The summed E-state index contributed by atoms with van der Waals surface area (Å²) >= 11 is 3.83. The molecule has 0 aliphatic heterocycles. The zero-order valence-corrected chi connectivity index (χ0v) is 35.5. The van der Waals surface area contributed by atoms with Crippen LogP contribution >= 0.6 is 23.5 Å². The Hall–Kier alpha value is -0.690. The molecule has 300 valence electrons. The van der Waals surface area contributed by atoms with Crippen LogP contribution in [0, 0.1) is 5.92 Å². The molecule has 0 saturated heterocycles. The Morgan fingerprint density at radius 3 is 1.45 bits per heavy atom. The number of thioether (sulfide) groups is 2. The van der Waals surface area contributed by atoms with E-state index in [4.69, 9.17) is 9.47 Å². The van der Waals surface area contributed by atoms with Crippen molar-refractivity contribution < 1.29 is 23.9 Å². The molecule has 0 aromatic rings. The second-order valence-electron chi connectivity index (χ2n) is 15.4. The summed E-state index contributed by atoms with van der Waals surface area (Å²) in [6.45, 7) is 6.68. The zero-order chi connectivity index (χ0) is 37.0. The molecule has 0 amide bonds. The molecule has 2 unspecified atom stereocenters. The first-order valence-electron chi connectivity index (χ1n) is 22.0. The van der Waals surface area contributed by atoms with Crippen LogP contribution in [0.4, 0.5) is 0 Å². The van der Waals surface area contributed by atoms with E-state index >= 15 is 0 Å². The first kappa shape index (κ1) is 48.3. The molecule has 0 aromatic heterocycles. The van der Waals surface area contributed by atoms with Gasteiger partial charge in [0.25, 0.3) is 0 Å². The lowest BCUT2D eigenvalue weighted by Crippen LogP contribution is -2.21. The van der Waals surface area contributed by atoms with Crippen LogP contribution in [-0.4, -0.2) is 52.9 Å². The normalized spacial score (nSPS) is 14.7. The highest BCUT2D eigenvalue weighted by atomic mass is 32.2. The lowest BCUT2D eigenvalue weighted by Gasteiger charge is -2.22. The Labute approximate surface area is 324 Å². The van der Waals surface area contributed by atoms with Gasteiger partial charge in [-0.1, -0.05) is 130 Å². The summed E-state index contributed by atoms with van der Waals surface area (Å²) < 4.78 is 11.9. The summed E-state index contributed by atoms with van der Waals surface area (Å²) in [5, 5.41) is 0. The van der Waals surface area contributed by atoms with Crippen LogP contribution in [0.25, 0.3) is 0 Å². The summed E-state index contributed by atoms with van der Waals surface area (Å²) in [6, 6.07) is 0. The number of hydrogen-bond donors (Lipinski definition) is 0. The Bertz CT molecular complexity index is 815. The predicted octanol–water partition coefficient (Wildman–Crippen LogP) is 13.6. The molecule has 1 aliphatic carbocycles. The van der Waals surface area contributed by atoms with Gasteiger partial charge in [0.05, 0.1) is 0 Å². The highest BCUT2D eigenvalue weighted by molar-refractivity contribution is 7.99. The van der Waals surface area contributed by atoms with Gasteiger partial charge in [0.2, 0.25) is 0 Å². The standard InChI is InChI=1S/C44H82O5S2/c1-4-7-10-13-23-32-43(46)48-41(30-21-11-8-5-2)37-50-35-24-15-19-28-40(45)29-20-16-25-36-51-38-42(31-22-12-9-6-3)49-44(47)34-33-39-26-17-14-18-27-39/h39,41-42H,4-38H2,1-3H3. The first-order chi connectivity index (χ1) is 25.0. The SMILES string of the molecule is CCCCCCCC(=O)OC(CCCCCC)CSCCCCCC(=O)CCCCCSCC(CCCCCC)OC(=O)CCC1CCCCC1. The van der Waals surface area contributed by atoms with E-state index in [-0.39, 0.29) is 24.1 Å².